The first-order valence-corrected chi connectivity index (χ1v) is 5.77. The number of halogens is 3. The highest BCUT2D eigenvalue weighted by Gasteiger charge is 2.35. The molecule has 100 valence electrons. The molecule has 18 heavy (non-hydrogen) atoms. The summed E-state index contributed by atoms with van der Waals surface area (Å²) in [7, 11) is 0. The molecule has 1 aliphatic heterocycles. The number of benzene rings is 1. The fraction of sp³-hybridized carbons (Fsp3) is 0.500. The number of anilines is 2. The molecule has 0 fully saturated rings. The molecule has 0 saturated heterocycles. The number of fused-ring (bicyclic) bond motifs is 1. The van der Waals surface area contributed by atoms with Crippen molar-refractivity contribution >= 4 is 11.4 Å². The van der Waals surface area contributed by atoms with Crippen LogP contribution in [0.2, 0.25) is 0 Å². The zero-order chi connectivity index (χ0) is 13.3. The van der Waals surface area contributed by atoms with Crippen LogP contribution in [0.5, 0.6) is 5.75 Å². The summed E-state index contributed by atoms with van der Waals surface area (Å²) in [6.45, 7) is 1.16. The first-order valence-electron chi connectivity index (χ1n) is 5.77. The van der Waals surface area contributed by atoms with E-state index in [0.29, 0.717) is 23.5 Å². The molecule has 2 rings (SSSR count). The molecule has 0 amide bonds. The second kappa shape index (κ2) is 4.59. The fourth-order valence-corrected chi connectivity index (χ4v) is 2.03. The van der Waals surface area contributed by atoms with Crippen LogP contribution >= 0.6 is 0 Å². The van der Waals surface area contributed by atoms with E-state index in [0.717, 1.165) is 0 Å². The number of nitrogens with zero attached hydrogens (tertiary/aromatic N) is 1. The van der Waals surface area contributed by atoms with Crippen LogP contribution in [0.25, 0.3) is 0 Å². The molecule has 0 saturated carbocycles. The van der Waals surface area contributed by atoms with Crippen LogP contribution in [0.3, 0.4) is 0 Å². The monoisotopic (exact) mass is 260 g/mol. The van der Waals surface area contributed by atoms with Crippen molar-refractivity contribution in [1.29, 1.82) is 0 Å². The SMILES string of the molecule is CCC1CN(CC(F)(F)F)c2ccc(N)cc2O1. The molecular weight excluding hydrogens is 245 g/mol. The second-order valence-electron chi connectivity index (χ2n) is 4.37. The maximum atomic E-state index is 12.5. The molecule has 6 heteroatoms. The summed E-state index contributed by atoms with van der Waals surface area (Å²) in [6, 6.07) is 4.72. The van der Waals surface area contributed by atoms with Crippen molar-refractivity contribution in [1.82, 2.24) is 0 Å². The van der Waals surface area contributed by atoms with Gasteiger partial charge in [0.15, 0.2) is 0 Å². The Bertz CT molecular complexity index is 434. The van der Waals surface area contributed by atoms with Crippen molar-refractivity contribution in [3.05, 3.63) is 18.2 Å². The van der Waals surface area contributed by atoms with Gasteiger partial charge in [-0.2, -0.15) is 13.2 Å². The minimum atomic E-state index is -4.23. The lowest BCUT2D eigenvalue weighted by molar-refractivity contribution is -0.120. The number of nitrogen functional groups attached to an aromatic ring is 1. The summed E-state index contributed by atoms with van der Waals surface area (Å²) < 4.78 is 43.2. The maximum absolute atomic E-state index is 12.5. The van der Waals surface area contributed by atoms with Gasteiger partial charge in [-0.05, 0) is 18.6 Å². The van der Waals surface area contributed by atoms with E-state index in [1.807, 2.05) is 6.92 Å². The van der Waals surface area contributed by atoms with Gasteiger partial charge in [-0.25, -0.2) is 0 Å². The van der Waals surface area contributed by atoms with E-state index >= 15 is 0 Å². The number of nitrogens with two attached hydrogens (primary N) is 1. The molecule has 0 spiro atoms. The first-order chi connectivity index (χ1) is 8.39. The molecule has 0 bridgehead atoms. The van der Waals surface area contributed by atoms with Crippen LogP contribution in [0.15, 0.2) is 18.2 Å². The summed E-state index contributed by atoms with van der Waals surface area (Å²) in [6.07, 6.45) is -3.81. The average Bonchev–Trinajstić information content (AvgIpc) is 2.25. The van der Waals surface area contributed by atoms with Gasteiger partial charge in [0.05, 0.1) is 12.2 Å². The van der Waals surface area contributed by atoms with Crippen molar-refractivity contribution in [2.75, 3.05) is 23.7 Å². The van der Waals surface area contributed by atoms with E-state index in [1.165, 1.54) is 4.90 Å². The highest BCUT2D eigenvalue weighted by Crippen LogP contribution is 2.37. The zero-order valence-corrected chi connectivity index (χ0v) is 10.00. The topological polar surface area (TPSA) is 38.5 Å². The van der Waals surface area contributed by atoms with Gasteiger partial charge in [0.25, 0.3) is 0 Å². The van der Waals surface area contributed by atoms with Crippen LogP contribution in [0.1, 0.15) is 13.3 Å². The van der Waals surface area contributed by atoms with Crippen LogP contribution in [-0.4, -0.2) is 25.4 Å². The number of hydrogen-bond donors (Lipinski definition) is 1. The summed E-state index contributed by atoms with van der Waals surface area (Å²) >= 11 is 0. The normalized spacial score (nSPS) is 19.3. The van der Waals surface area contributed by atoms with Crippen molar-refractivity contribution in [3.8, 4) is 5.75 Å². The zero-order valence-electron chi connectivity index (χ0n) is 10.00. The van der Waals surface area contributed by atoms with Crippen LogP contribution < -0.4 is 15.4 Å². The lowest BCUT2D eigenvalue weighted by atomic mass is 10.1. The second-order valence-corrected chi connectivity index (χ2v) is 4.37. The predicted molar refractivity (Wildman–Crippen MR) is 63.8 cm³/mol. The van der Waals surface area contributed by atoms with E-state index in [2.05, 4.69) is 0 Å². The van der Waals surface area contributed by atoms with Crippen LogP contribution in [-0.2, 0) is 0 Å². The highest BCUT2D eigenvalue weighted by molar-refractivity contribution is 5.65. The van der Waals surface area contributed by atoms with Gasteiger partial charge in [0.1, 0.15) is 18.4 Å². The van der Waals surface area contributed by atoms with Gasteiger partial charge in [-0.3, -0.25) is 0 Å². The molecule has 1 aromatic carbocycles. The Kier molecular flexibility index (Phi) is 3.28. The fourth-order valence-electron chi connectivity index (χ4n) is 2.03. The molecule has 0 radical (unpaired) electrons. The quantitative estimate of drug-likeness (QED) is 0.831. The Balaban J connectivity index is 2.31. The molecule has 0 aliphatic carbocycles. The van der Waals surface area contributed by atoms with Gasteiger partial charge in [0, 0.05) is 11.8 Å². The minimum absolute atomic E-state index is 0.235. The molecular formula is C12H15F3N2O. The van der Waals surface area contributed by atoms with Gasteiger partial charge in [-0.1, -0.05) is 6.92 Å². The van der Waals surface area contributed by atoms with E-state index in [-0.39, 0.29) is 12.6 Å². The summed E-state index contributed by atoms with van der Waals surface area (Å²) in [5.74, 6) is 0.428. The molecule has 2 N–H and O–H groups in total. The predicted octanol–water partition coefficient (Wildman–Crippen LogP) is 2.81. The average molecular weight is 260 g/mol. The maximum Gasteiger partial charge on any atom is 0.405 e. The molecule has 3 nitrogen and oxygen atoms in total. The Morgan fingerprint density at radius 3 is 2.78 bits per heavy atom. The van der Waals surface area contributed by atoms with E-state index in [9.17, 15) is 13.2 Å². The largest absolute Gasteiger partial charge is 0.486 e. The Labute approximate surface area is 103 Å². The third kappa shape index (κ3) is 2.80. The third-order valence-electron chi connectivity index (χ3n) is 2.87. The molecule has 0 aromatic heterocycles. The van der Waals surface area contributed by atoms with Gasteiger partial charge >= 0.3 is 6.18 Å². The first kappa shape index (κ1) is 12.9. The minimum Gasteiger partial charge on any atom is -0.486 e. The molecule has 1 aliphatic rings. The van der Waals surface area contributed by atoms with Crippen LogP contribution in [0.4, 0.5) is 24.5 Å². The lowest BCUT2D eigenvalue weighted by Gasteiger charge is -2.36. The number of hydrogen-bond acceptors (Lipinski definition) is 3. The Morgan fingerprint density at radius 1 is 1.44 bits per heavy atom. The third-order valence-corrected chi connectivity index (χ3v) is 2.87. The lowest BCUT2D eigenvalue weighted by Crippen LogP contribution is -2.44. The van der Waals surface area contributed by atoms with Crippen molar-refractivity contribution in [2.24, 2.45) is 0 Å². The molecule has 1 atom stereocenters. The molecule has 1 aromatic rings. The highest BCUT2D eigenvalue weighted by atomic mass is 19.4. The number of ether oxygens (including phenoxy) is 1. The Hall–Kier alpha value is -1.59. The van der Waals surface area contributed by atoms with Crippen molar-refractivity contribution < 1.29 is 17.9 Å². The molecule has 1 heterocycles. The van der Waals surface area contributed by atoms with Gasteiger partial charge in [-0.15, -0.1) is 0 Å². The van der Waals surface area contributed by atoms with Crippen molar-refractivity contribution in [2.45, 2.75) is 25.6 Å². The Morgan fingerprint density at radius 2 is 2.17 bits per heavy atom. The number of alkyl halides is 3. The van der Waals surface area contributed by atoms with E-state index in [4.69, 9.17) is 10.5 Å². The van der Waals surface area contributed by atoms with Gasteiger partial charge in [0.2, 0.25) is 0 Å². The number of rotatable bonds is 2. The van der Waals surface area contributed by atoms with E-state index < -0.39 is 12.7 Å². The van der Waals surface area contributed by atoms with E-state index in [1.54, 1.807) is 18.2 Å². The smallest absolute Gasteiger partial charge is 0.405 e. The van der Waals surface area contributed by atoms with Gasteiger partial charge < -0.3 is 15.4 Å². The summed E-state index contributed by atoms with van der Waals surface area (Å²) in [4.78, 5) is 1.30. The molecule has 1 unspecified atom stereocenters. The standard InChI is InChI=1S/C12H15F3N2O/c1-2-9-6-17(7-12(13,14)15)10-4-3-8(16)5-11(10)18-9/h3-5,9H,2,6-7,16H2,1H3. The van der Waals surface area contributed by atoms with Crippen LogP contribution in [0, 0.1) is 0 Å². The summed E-state index contributed by atoms with van der Waals surface area (Å²) in [5, 5.41) is 0. The summed E-state index contributed by atoms with van der Waals surface area (Å²) in [5.41, 5.74) is 6.55. The van der Waals surface area contributed by atoms with Crippen molar-refractivity contribution in [3.63, 3.8) is 0 Å².